The van der Waals surface area contributed by atoms with Crippen LogP contribution in [0.1, 0.15) is 31.2 Å². The van der Waals surface area contributed by atoms with Gasteiger partial charge in [-0.1, -0.05) is 49.4 Å². The molecule has 102 valence electrons. The van der Waals surface area contributed by atoms with E-state index in [1.165, 1.54) is 0 Å². The molecule has 1 aromatic rings. The molecule has 0 unspecified atom stereocenters. The number of nitrogens with one attached hydrogen (secondary N) is 1. The normalized spacial score (nSPS) is 18.2. The second-order valence-electron chi connectivity index (χ2n) is 5.14. The molecule has 0 saturated heterocycles. The molecule has 0 spiro atoms. The van der Waals surface area contributed by atoms with E-state index in [-0.39, 0.29) is 30.4 Å². The highest BCUT2D eigenvalue weighted by Crippen LogP contribution is 2.21. The summed E-state index contributed by atoms with van der Waals surface area (Å²) in [5, 5.41) is 12.5. The largest absolute Gasteiger partial charge is 0.394 e. The summed E-state index contributed by atoms with van der Waals surface area (Å²) in [6.07, 6.45) is 5.70. The minimum Gasteiger partial charge on any atom is -0.394 e. The molecule has 3 nitrogen and oxygen atoms in total. The Morgan fingerprint density at radius 3 is 2.53 bits per heavy atom. The van der Waals surface area contributed by atoms with Crippen molar-refractivity contribution in [3.05, 3.63) is 48.0 Å². The minimum atomic E-state index is -0.226. The van der Waals surface area contributed by atoms with Crippen LogP contribution in [0.3, 0.4) is 0 Å². The van der Waals surface area contributed by atoms with E-state index in [1.807, 2.05) is 49.4 Å². The summed E-state index contributed by atoms with van der Waals surface area (Å²) < 4.78 is 0. The summed E-state index contributed by atoms with van der Waals surface area (Å²) >= 11 is 0. The number of rotatable bonds is 5. The fourth-order valence-corrected chi connectivity index (χ4v) is 2.45. The number of benzene rings is 1. The number of carbonyl (C=O) groups excluding carboxylic acids is 1. The van der Waals surface area contributed by atoms with Crippen LogP contribution in [0.5, 0.6) is 0 Å². The van der Waals surface area contributed by atoms with Crippen molar-refractivity contribution in [3.8, 4) is 0 Å². The minimum absolute atomic E-state index is 0.0389. The van der Waals surface area contributed by atoms with Crippen LogP contribution in [-0.2, 0) is 4.79 Å². The molecule has 0 aliphatic heterocycles. The van der Waals surface area contributed by atoms with Crippen molar-refractivity contribution in [2.45, 2.75) is 31.7 Å². The first-order valence-corrected chi connectivity index (χ1v) is 6.83. The number of amides is 1. The van der Waals surface area contributed by atoms with Crippen molar-refractivity contribution in [2.24, 2.45) is 5.92 Å². The molecule has 1 aliphatic carbocycles. The zero-order chi connectivity index (χ0) is 13.7. The third-order valence-corrected chi connectivity index (χ3v) is 3.83. The lowest BCUT2D eigenvalue weighted by molar-refractivity contribution is -0.125. The zero-order valence-electron chi connectivity index (χ0n) is 11.3. The maximum Gasteiger partial charge on any atom is 0.224 e. The maximum atomic E-state index is 12.1. The van der Waals surface area contributed by atoms with Gasteiger partial charge in [-0.25, -0.2) is 0 Å². The molecule has 1 amide bonds. The molecular weight excluding hydrogens is 238 g/mol. The Hall–Kier alpha value is -1.61. The van der Waals surface area contributed by atoms with Gasteiger partial charge in [0.25, 0.3) is 0 Å². The SMILES string of the molecule is C[C@H](c1ccccc1)[C@H](CO)NC(=O)C1CC=CC1. The molecule has 0 fully saturated rings. The van der Waals surface area contributed by atoms with E-state index in [4.69, 9.17) is 0 Å². The van der Waals surface area contributed by atoms with Gasteiger partial charge in [0.1, 0.15) is 0 Å². The topological polar surface area (TPSA) is 49.3 Å². The van der Waals surface area contributed by atoms with Gasteiger partial charge < -0.3 is 10.4 Å². The predicted molar refractivity (Wildman–Crippen MR) is 75.7 cm³/mol. The lowest BCUT2D eigenvalue weighted by atomic mass is 9.93. The standard InChI is InChI=1S/C16H21NO2/c1-12(13-7-3-2-4-8-13)15(11-18)17-16(19)14-9-5-6-10-14/h2-8,12,14-15,18H,9-11H2,1H3,(H,17,19)/t12-,15+/m1/s1. The summed E-state index contributed by atoms with van der Waals surface area (Å²) in [5.41, 5.74) is 1.13. The van der Waals surface area contributed by atoms with E-state index in [2.05, 4.69) is 5.32 Å². The van der Waals surface area contributed by atoms with E-state index >= 15 is 0 Å². The van der Waals surface area contributed by atoms with Crippen molar-refractivity contribution in [1.82, 2.24) is 5.32 Å². The molecule has 1 aliphatic rings. The van der Waals surface area contributed by atoms with Gasteiger partial charge in [0.15, 0.2) is 0 Å². The Morgan fingerprint density at radius 2 is 1.95 bits per heavy atom. The molecule has 19 heavy (non-hydrogen) atoms. The summed E-state index contributed by atoms with van der Waals surface area (Å²) in [4.78, 5) is 12.1. The Bertz CT molecular complexity index is 433. The third-order valence-electron chi connectivity index (χ3n) is 3.83. The Balaban J connectivity index is 1.97. The van der Waals surface area contributed by atoms with Crippen molar-refractivity contribution >= 4 is 5.91 Å². The number of allylic oxidation sites excluding steroid dienone is 2. The van der Waals surface area contributed by atoms with E-state index in [0.717, 1.165) is 18.4 Å². The second-order valence-corrected chi connectivity index (χ2v) is 5.14. The fraction of sp³-hybridized carbons (Fsp3) is 0.438. The molecule has 2 atom stereocenters. The number of aliphatic hydroxyl groups excluding tert-OH is 1. The highest BCUT2D eigenvalue weighted by Gasteiger charge is 2.25. The van der Waals surface area contributed by atoms with E-state index in [1.54, 1.807) is 0 Å². The van der Waals surface area contributed by atoms with E-state index in [9.17, 15) is 9.90 Å². The number of aliphatic hydroxyl groups is 1. The van der Waals surface area contributed by atoms with Gasteiger partial charge in [-0.15, -0.1) is 0 Å². The van der Waals surface area contributed by atoms with Crippen LogP contribution in [0.2, 0.25) is 0 Å². The van der Waals surface area contributed by atoms with Crippen LogP contribution in [-0.4, -0.2) is 23.7 Å². The van der Waals surface area contributed by atoms with Crippen LogP contribution < -0.4 is 5.32 Å². The molecule has 1 aromatic carbocycles. The van der Waals surface area contributed by atoms with Crippen LogP contribution in [0.15, 0.2) is 42.5 Å². The zero-order valence-corrected chi connectivity index (χ0v) is 11.3. The maximum absolute atomic E-state index is 12.1. The molecule has 3 heteroatoms. The van der Waals surface area contributed by atoms with Crippen molar-refractivity contribution in [3.63, 3.8) is 0 Å². The van der Waals surface area contributed by atoms with Crippen molar-refractivity contribution in [2.75, 3.05) is 6.61 Å². The Morgan fingerprint density at radius 1 is 1.32 bits per heavy atom. The Kier molecular flexibility index (Phi) is 4.74. The number of hydrogen-bond donors (Lipinski definition) is 2. The lowest BCUT2D eigenvalue weighted by Gasteiger charge is -2.25. The summed E-state index contributed by atoms with van der Waals surface area (Å²) in [5.74, 6) is 0.188. The fourth-order valence-electron chi connectivity index (χ4n) is 2.45. The van der Waals surface area contributed by atoms with Gasteiger partial charge in [0.2, 0.25) is 5.91 Å². The number of carbonyl (C=O) groups is 1. The molecule has 2 N–H and O–H groups in total. The summed E-state index contributed by atoms with van der Waals surface area (Å²) in [6.45, 7) is 1.99. The van der Waals surface area contributed by atoms with Gasteiger partial charge >= 0.3 is 0 Å². The average Bonchev–Trinajstić information content (AvgIpc) is 2.99. The number of hydrogen-bond acceptors (Lipinski definition) is 2. The van der Waals surface area contributed by atoms with E-state index in [0.29, 0.717) is 0 Å². The van der Waals surface area contributed by atoms with Crippen LogP contribution in [0, 0.1) is 5.92 Å². The molecule has 0 bridgehead atoms. The quantitative estimate of drug-likeness (QED) is 0.797. The highest BCUT2D eigenvalue weighted by molar-refractivity contribution is 5.79. The molecule has 0 saturated carbocycles. The van der Waals surface area contributed by atoms with Gasteiger partial charge in [-0.2, -0.15) is 0 Å². The first-order valence-electron chi connectivity index (χ1n) is 6.83. The predicted octanol–water partition coefficient (Wildman–Crippen LogP) is 2.23. The molecule has 0 aromatic heterocycles. The molecular formula is C16H21NO2. The van der Waals surface area contributed by atoms with Crippen molar-refractivity contribution in [1.29, 1.82) is 0 Å². The Labute approximate surface area is 114 Å². The smallest absolute Gasteiger partial charge is 0.224 e. The van der Waals surface area contributed by atoms with Gasteiger partial charge in [-0.3, -0.25) is 4.79 Å². The first kappa shape index (κ1) is 13.8. The molecule has 0 radical (unpaired) electrons. The summed E-state index contributed by atoms with van der Waals surface area (Å²) in [7, 11) is 0. The van der Waals surface area contributed by atoms with E-state index < -0.39 is 0 Å². The van der Waals surface area contributed by atoms with Crippen LogP contribution in [0.25, 0.3) is 0 Å². The van der Waals surface area contributed by atoms with Gasteiger partial charge in [0.05, 0.1) is 12.6 Å². The molecule has 0 heterocycles. The third kappa shape index (κ3) is 3.44. The van der Waals surface area contributed by atoms with Crippen LogP contribution in [0.4, 0.5) is 0 Å². The van der Waals surface area contributed by atoms with Gasteiger partial charge in [0, 0.05) is 11.8 Å². The van der Waals surface area contributed by atoms with Crippen molar-refractivity contribution < 1.29 is 9.90 Å². The monoisotopic (exact) mass is 259 g/mol. The van der Waals surface area contributed by atoms with Crippen LogP contribution >= 0.6 is 0 Å². The average molecular weight is 259 g/mol. The van der Waals surface area contributed by atoms with Gasteiger partial charge in [-0.05, 0) is 18.4 Å². The molecule has 2 rings (SSSR count). The first-order chi connectivity index (χ1) is 9.22. The lowest BCUT2D eigenvalue weighted by Crippen LogP contribution is -2.43. The second kappa shape index (κ2) is 6.53. The highest BCUT2D eigenvalue weighted by atomic mass is 16.3. The summed E-state index contributed by atoms with van der Waals surface area (Å²) in [6, 6.07) is 9.74.